The van der Waals surface area contributed by atoms with Crippen LogP contribution in [0.4, 0.5) is 4.79 Å². The van der Waals surface area contributed by atoms with Crippen LogP contribution in [0.15, 0.2) is 41.9 Å². The van der Waals surface area contributed by atoms with Gasteiger partial charge in [-0.25, -0.2) is 14.4 Å². The van der Waals surface area contributed by atoms with Crippen molar-refractivity contribution in [2.24, 2.45) is 28.2 Å². The number of hydrogen-bond acceptors (Lipinski definition) is 12. The number of thioether (sulfide) groups is 1. The smallest absolute Gasteiger partial charge is 0.408 e. The number of aromatic nitrogens is 1. The maximum absolute atomic E-state index is 14.7. The Morgan fingerprint density at radius 1 is 1.07 bits per heavy atom. The Morgan fingerprint density at radius 3 is 2.45 bits per heavy atom. The van der Waals surface area contributed by atoms with Crippen molar-refractivity contribution in [1.82, 2.24) is 25.8 Å². The predicted molar refractivity (Wildman–Crippen MR) is 215 cm³/mol. The van der Waals surface area contributed by atoms with Gasteiger partial charge in [-0.05, 0) is 68.9 Å². The molecule has 9 atom stereocenters. The largest absolute Gasteiger partial charge is 0.488 e. The van der Waals surface area contributed by atoms with E-state index in [1.165, 1.54) is 11.0 Å². The van der Waals surface area contributed by atoms with Gasteiger partial charge in [0.2, 0.25) is 11.8 Å². The van der Waals surface area contributed by atoms with Crippen LogP contribution in [0.3, 0.4) is 0 Å². The summed E-state index contributed by atoms with van der Waals surface area (Å²) in [5, 5.41) is 29.5. The predicted octanol–water partition coefficient (Wildman–Crippen LogP) is 4.27. The number of alkyl carbamates (subject to hydrolysis) is 1. The number of nitrogens with one attached hydrogen (secondary N) is 3. The molecule has 58 heavy (non-hydrogen) atoms. The quantitative estimate of drug-likeness (QED) is 0.169. The van der Waals surface area contributed by atoms with Crippen molar-refractivity contribution in [3.63, 3.8) is 0 Å². The highest BCUT2D eigenvalue weighted by molar-refractivity contribution is 8.14. The van der Waals surface area contributed by atoms with Crippen molar-refractivity contribution in [2.45, 2.75) is 109 Å². The van der Waals surface area contributed by atoms with Crippen molar-refractivity contribution in [3.05, 3.63) is 42.6 Å². The summed E-state index contributed by atoms with van der Waals surface area (Å²) in [4.78, 5) is 76.8. The molecule has 2 aromatic rings. The molecule has 7 rings (SSSR count). The third-order valence-electron chi connectivity index (χ3n) is 11.5. The number of carbonyl (C=O) groups is 5. The SMILES string of the molecule is C=CC1C[C@]1(NC(=O)[C@@H]1C[C@@H](Oc2cc(C3CSC(NC(C)C)=N3)nc3cc(OCC(=O)O)ccc23)CN1C(=O)C(NC(=O)OC1C[C@@H]2C[C@@H]2C1)C(C)(C)C)C(=O)O. The monoisotopic (exact) mass is 820 g/mol. The number of nitrogens with zero attached hydrogens (tertiary/aromatic N) is 3. The number of hydrogen-bond donors (Lipinski definition) is 5. The zero-order chi connectivity index (χ0) is 41.7. The molecule has 312 valence electrons. The highest BCUT2D eigenvalue weighted by atomic mass is 32.2. The minimum atomic E-state index is -1.54. The highest BCUT2D eigenvalue weighted by Crippen LogP contribution is 2.52. The molecule has 4 unspecified atom stereocenters. The van der Waals surface area contributed by atoms with Crippen LogP contribution in [0.2, 0.25) is 0 Å². The fraction of sp³-hybridized carbons (Fsp3) is 0.585. The van der Waals surface area contributed by atoms with E-state index < -0.39 is 71.5 Å². The molecule has 17 heteroatoms. The van der Waals surface area contributed by atoms with E-state index >= 15 is 0 Å². The van der Waals surface area contributed by atoms with Crippen molar-refractivity contribution in [1.29, 1.82) is 0 Å². The second kappa shape index (κ2) is 15.9. The summed E-state index contributed by atoms with van der Waals surface area (Å²) in [7, 11) is 0. The Kier molecular flexibility index (Phi) is 11.3. The molecule has 4 fully saturated rings. The van der Waals surface area contributed by atoms with Gasteiger partial charge in [-0.2, -0.15) is 0 Å². The van der Waals surface area contributed by atoms with Crippen LogP contribution < -0.4 is 25.4 Å². The zero-order valence-corrected chi connectivity index (χ0v) is 34.2. The first-order valence-electron chi connectivity index (χ1n) is 19.8. The number of aliphatic imine (C=N–C) groups is 1. The van der Waals surface area contributed by atoms with Gasteiger partial charge in [-0.3, -0.25) is 19.6 Å². The van der Waals surface area contributed by atoms with Crippen LogP contribution in [0.25, 0.3) is 10.9 Å². The lowest BCUT2D eigenvalue weighted by Crippen LogP contribution is -2.59. The first-order valence-corrected chi connectivity index (χ1v) is 20.8. The summed E-state index contributed by atoms with van der Waals surface area (Å²) < 4.78 is 17.9. The van der Waals surface area contributed by atoms with E-state index in [-0.39, 0.29) is 37.6 Å². The number of amidine groups is 1. The number of likely N-dealkylation sites (tertiary alicyclic amines) is 1. The number of amides is 3. The Labute approximate surface area is 340 Å². The number of carbonyl (C=O) groups excluding carboxylic acids is 3. The van der Waals surface area contributed by atoms with Crippen LogP contribution in [0.1, 0.15) is 78.5 Å². The van der Waals surface area contributed by atoms with Crippen LogP contribution in [0, 0.1) is 23.2 Å². The minimum Gasteiger partial charge on any atom is -0.488 e. The summed E-state index contributed by atoms with van der Waals surface area (Å²) in [5.41, 5.74) is -1.29. The molecule has 0 bridgehead atoms. The molecule has 3 amide bonds. The van der Waals surface area contributed by atoms with Gasteiger partial charge >= 0.3 is 18.0 Å². The summed E-state index contributed by atoms with van der Waals surface area (Å²) in [6, 6.07) is 4.32. The van der Waals surface area contributed by atoms with E-state index in [1.807, 2.05) is 34.6 Å². The third kappa shape index (κ3) is 8.83. The summed E-state index contributed by atoms with van der Waals surface area (Å²) in [6.45, 7) is 12.6. The lowest BCUT2D eigenvalue weighted by Gasteiger charge is -2.35. The number of benzene rings is 1. The number of fused-ring (bicyclic) bond motifs is 2. The standard InChI is InChI=1S/C41H52N6O10S/c1-7-23-16-41(23,37(52)53)46-35(50)31-14-26(17-47(31)36(51)34(40(4,5)6)45-39(54)57-25-11-21-10-22(21)12-25)56-32-15-29(30-19-58-38(44-30)42-20(2)3)43-28-13-24(8-9-27(28)32)55-18-33(48)49/h7-9,13,15,20-23,25-26,30-31,34H,1,10-12,14,16-19H2,2-6H3,(H,42,44)(H,45,54)(H,46,50)(H,48,49)(H,52,53)/t21-,22+,23?,25?,26-,30?,31+,34?,41-/m1/s1. The van der Waals surface area contributed by atoms with E-state index in [9.17, 15) is 34.2 Å². The van der Waals surface area contributed by atoms with Gasteiger partial charge in [-0.15, -0.1) is 6.58 Å². The van der Waals surface area contributed by atoms with Gasteiger partial charge in [-0.1, -0.05) is 38.6 Å². The van der Waals surface area contributed by atoms with Crippen molar-refractivity contribution in [2.75, 3.05) is 18.9 Å². The number of carboxylic acids is 2. The first-order chi connectivity index (χ1) is 27.4. The van der Waals surface area contributed by atoms with Crippen LogP contribution in [0.5, 0.6) is 11.5 Å². The highest BCUT2D eigenvalue weighted by Gasteiger charge is 2.61. The second-order valence-corrected chi connectivity index (χ2v) is 18.5. The zero-order valence-electron chi connectivity index (χ0n) is 33.4. The van der Waals surface area contributed by atoms with Gasteiger partial charge in [0, 0.05) is 41.7 Å². The van der Waals surface area contributed by atoms with E-state index in [2.05, 4.69) is 22.5 Å². The molecule has 0 radical (unpaired) electrons. The average molecular weight is 821 g/mol. The molecular formula is C41H52N6O10S. The maximum atomic E-state index is 14.7. The summed E-state index contributed by atoms with van der Waals surface area (Å²) >= 11 is 1.56. The number of rotatable bonds is 14. The van der Waals surface area contributed by atoms with E-state index in [1.54, 1.807) is 36.0 Å². The number of aliphatic carboxylic acids is 2. The third-order valence-corrected chi connectivity index (χ3v) is 12.5. The Hall–Kier alpha value is -5.06. The second-order valence-electron chi connectivity index (χ2n) is 17.5. The molecular weight excluding hydrogens is 769 g/mol. The van der Waals surface area contributed by atoms with Gasteiger partial charge < -0.3 is 45.3 Å². The molecule has 5 aliphatic rings. The average Bonchev–Trinajstić information content (AvgIpc) is 3.82. The first kappa shape index (κ1) is 41.1. The number of carboxylic acid groups (broad SMARTS) is 2. The number of pyridine rings is 1. The molecule has 1 aromatic heterocycles. The molecule has 3 aliphatic carbocycles. The molecule has 2 aliphatic heterocycles. The van der Waals surface area contributed by atoms with Gasteiger partial charge in [0.15, 0.2) is 11.8 Å². The fourth-order valence-electron chi connectivity index (χ4n) is 8.30. The van der Waals surface area contributed by atoms with Gasteiger partial charge in [0.05, 0.1) is 17.8 Å². The lowest BCUT2D eigenvalue weighted by atomic mass is 9.85. The topological polar surface area (TPSA) is 218 Å². The maximum Gasteiger partial charge on any atom is 0.408 e. The van der Waals surface area contributed by atoms with Gasteiger partial charge in [0.1, 0.15) is 47.4 Å². The van der Waals surface area contributed by atoms with Crippen molar-refractivity contribution < 1.29 is 48.4 Å². The molecule has 0 spiro atoms. The van der Waals surface area contributed by atoms with E-state index in [0.29, 0.717) is 45.7 Å². The normalized spacial score (nSPS) is 28.9. The minimum absolute atomic E-state index is 0.0109. The lowest BCUT2D eigenvalue weighted by molar-refractivity contribution is -0.146. The fourth-order valence-corrected chi connectivity index (χ4v) is 9.38. The van der Waals surface area contributed by atoms with Crippen molar-refractivity contribution >= 4 is 57.7 Å². The van der Waals surface area contributed by atoms with Gasteiger partial charge in [0.25, 0.3) is 0 Å². The van der Waals surface area contributed by atoms with E-state index in [0.717, 1.165) is 24.4 Å². The molecule has 1 saturated heterocycles. The summed E-state index contributed by atoms with van der Waals surface area (Å²) in [5.74, 6) is -1.52. The van der Waals surface area contributed by atoms with Crippen LogP contribution in [-0.4, -0.2) is 110 Å². The Morgan fingerprint density at radius 2 is 1.81 bits per heavy atom. The van der Waals surface area contributed by atoms with Crippen molar-refractivity contribution in [3.8, 4) is 11.5 Å². The number of ether oxygens (including phenoxy) is 3. The van der Waals surface area contributed by atoms with Crippen LogP contribution in [-0.2, 0) is 23.9 Å². The van der Waals surface area contributed by atoms with Crippen LogP contribution >= 0.6 is 11.8 Å². The Bertz CT molecular complexity index is 2030. The molecule has 1 aromatic carbocycles. The molecule has 5 N–H and O–H groups in total. The molecule has 3 saturated carbocycles. The summed E-state index contributed by atoms with van der Waals surface area (Å²) in [6.07, 6.45) is 2.78. The molecule has 16 nitrogen and oxygen atoms in total. The Balaban J connectivity index is 1.19. The molecule has 3 heterocycles. The van der Waals surface area contributed by atoms with E-state index in [4.69, 9.17) is 24.2 Å².